The average Bonchev–Trinajstić information content (AvgIpc) is 1.96. The molecular weight excluding hydrogens is 236 g/mol. The van der Waals surface area contributed by atoms with Crippen LogP contribution in [0.25, 0.3) is 0 Å². The second-order valence-electron chi connectivity index (χ2n) is 3.32. The van der Waals surface area contributed by atoms with Gasteiger partial charge in [-0.05, 0) is 0 Å². The Balaban J connectivity index is 0. The predicted octanol–water partition coefficient (Wildman–Crippen LogP) is -1.75. The third-order valence-electron chi connectivity index (χ3n) is 2.24. The molecule has 0 spiro atoms. The molecule has 4 heteroatoms. The molecule has 0 amide bonds. The van der Waals surface area contributed by atoms with Crippen LogP contribution < -0.4 is 69.8 Å². The number of allylic oxidation sites excluding steroid dienone is 2. The van der Waals surface area contributed by atoms with Crippen LogP contribution in [0.5, 0.6) is 0 Å². The van der Waals surface area contributed by atoms with Crippen LogP contribution in [0.2, 0.25) is 0 Å². The molecule has 3 nitrogen and oxygen atoms in total. The summed E-state index contributed by atoms with van der Waals surface area (Å²) in [5, 5.41) is 1.64. The minimum absolute atomic E-state index is 0. The van der Waals surface area contributed by atoms with Crippen molar-refractivity contribution in [2.75, 3.05) is 7.05 Å². The Morgan fingerprint density at radius 2 is 2.08 bits per heavy atom. The molecule has 0 aromatic carbocycles. The number of hydrogen-bond acceptors (Lipinski definition) is 3. The molecule has 72 valence electrons. The summed E-state index contributed by atoms with van der Waals surface area (Å²) in [6.45, 7) is 0. The number of rotatable bonds is 1. The van der Waals surface area contributed by atoms with Gasteiger partial charge in [0, 0.05) is 7.05 Å². The van der Waals surface area contributed by atoms with Crippen molar-refractivity contribution in [2.45, 2.75) is 32.1 Å². The molecule has 0 unspecified atom stereocenters. The molecule has 0 saturated carbocycles. The molecule has 1 aliphatic carbocycles. The maximum Gasteiger partial charge on any atom is 1.00 e. The summed E-state index contributed by atoms with van der Waals surface area (Å²) < 4.78 is 0. The zero-order chi connectivity index (χ0) is 8.97. The summed E-state index contributed by atoms with van der Waals surface area (Å²) in [6, 6.07) is 0. The first kappa shape index (κ1) is 14.0. The topological polar surface area (TPSA) is 55.3 Å². The largest absolute Gasteiger partial charge is 1.00 e. The Morgan fingerprint density at radius 3 is 2.69 bits per heavy atom. The van der Waals surface area contributed by atoms with E-state index < -0.39 is 0 Å². The molecule has 0 bridgehead atoms. The van der Waals surface area contributed by atoms with E-state index in [1.807, 2.05) is 7.05 Å². The van der Waals surface area contributed by atoms with Gasteiger partial charge in [-0.1, -0.05) is 37.8 Å². The van der Waals surface area contributed by atoms with Crippen LogP contribution in [-0.4, -0.2) is 12.1 Å². The smallest absolute Gasteiger partial charge is 1.00 e. The third-order valence-corrected chi connectivity index (χ3v) is 2.24. The van der Waals surface area contributed by atoms with Gasteiger partial charge in [0.25, 0.3) is 0 Å². The summed E-state index contributed by atoms with van der Waals surface area (Å²) in [7, 11) is 1.84. The molecule has 13 heavy (non-hydrogen) atoms. The molecule has 0 radical (unpaired) electrons. The van der Waals surface area contributed by atoms with Gasteiger partial charge in [-0.2, -0.15) is 0 Å². The molecule has 1 rings (SSSR count). The Hall–Kier alpha value is 0.975. The molecule has 0 fully saturated rings. The van der Waals surface area contributed by atoms with E-state index >= 15 is 0 Å². The maximum atomic E-state index is 5.85. The van der Waals surface area contributed by atoms with Crippen molar-refractivity contribution >= 4 is 0 Å². The summed E-state index contributed by atoms with van der Waals surface area (Å²) in [5.74, 6) is 5.65. The van der Waals surface area contributed by atoms with Gasteiger partial charge >= 0.3 is 58.2 Å². The molecule has 0 atom stereocenters. The fourth-order valence-electron chi connectivity index (χ4n) is 1.51. The molecule has 0 aromatic rings. The van der Waals surface area contributed by atoms with Gasteiger partial charge in [0.1, 0.15) is 0 Å². The van der Waals surface area contributed by atoms with Gasteiger partial charge in [-0.25, -0.2) is 6.42 Å². The number of nitrogens with zero attached hydrogens (tertiary/aromatic N) is 1. The zero-order valence-electron chi connectivity index (χ0n) is 9.71. The zero-order valence-corrected chi connectivity index (χ0v) is 13.6. The van der Waals surface area contributed by atoms with Crippen molar-refractivity contribution in [3.63, 3.8) is 0 Å². The van der Waals surface area contributed by atoms with E-state index in [-0.39, 0.29) is 59.6 Å². The second-order valence-corrected chi connectivity index (χ2v) is 3.32. The van der Waals surface area contributed by atoms with E-state index in [0.717, 1.165) is 24.2 Å². The van der Waals surface area contributed by atoms with Gasteiger partial charge in [0.05, 0.1) is 0 Å². The average molecular weight is 255 g/mol. The van der Waals surface area contributed by atoms with E-state index in [1.165, 1.54) is 19.3 Å². The summed E-state index contributed by atoms with van der Waals surface area (Å²) >= 11 is 0. The minimum Gasteiger partial charge on any atom is -1.00 e. The van der Waals surface area contributed by atoms with Gasteiger partial charge in [-0.15, -0.1) is 5.70 Å². The van der Waals surface area contributed by atoms with E-state index in [2.05, 4.69) is 6.42 Å². The molecule has 4 N–H and O–H groups in total. The van der Waals surface area contributed by atoms with Crippen LogP contribution in [0.3, 0.4) is 0 Å². The standard InChI is InChI=1S/C9H18N3.Rb.H/c1-12(11)9-7-5-3-2-4-6-8(9)10;;/h6H,2-5,7,10-11H2,1H3;;/q-1;+1;-1/b9-8-;;. The van der Waals surface area contributed by atoms with Crippen molar-refractivity contribution < 1.29 is 59.6 Å². The van der Waals surface area contributed by atoms with Crippen molar-refractivity contribution in [2.24, 2.45) is 11.6 Å². The summed E-state index contributed by atoms with van der Waals surface area (Å²) in [4.78, 5) is 0. The Kier molecular flexibility index (Phi) is 7.84. The van der Waals surface area contributed by atoms with E-state index in [9.17, 15) is 0 Å². The van der Waals surface area contributed by atoms with Crippen LogP contribution in [-0.2, 0) is 0 Å². The Morgan fingerprint density at radius 1 is 1.38 bits per heavy atom. The van der Waals surface area contributed by atoms with E-state index in [1.54, 1.807) is 5.01 Å². The number of hydrazine groups is 1. The Bertz CT molecular complexity index is 183. The normalized spacial score (nSPS) is 23.5. The van der Waals surface area contributed by atoms with Crippen LogP contribution in [0, 0.1) is 6.42 Å². The second kappa shape index (κ2) is 7.29. The number of nitrogens with two attached hydrogens (primary N) is 2. The van der Waals surface area contributed by atoms with Crippen molar-refractivity contribution in [3.05, 3.63) is 17.8 Å². The monoisotopic (exact) mass is 254 g/mol. The molecule has 1 aliphatic rings. The van der Waals surface area contributed by atoms with Crippen LogP contribution in [0.4, 0.5) is 0 Å². The van der Waals surface area contributed by atoms with Crippen LogP contribution >= 0.6 is 0 Å². The van der Waals surface area contributed by atoms with Gasteiger partial charge in [0.2, 0.25) is 0 Å². The van der Waals surface area contributed by atoms with Gasteiger partial charge in [0.15, 0.2) is 0 Å². The quantitative estimate of drug-likeness (QED) is 0.331. The molecular formula is C9H19N3Rb-. The van der Waals surface area contributed by atoms with E-state index in [4.69, 9.17) is 11.6 Å². The SMILES string of the molecule is CN(N)/C1=C(\N)[CH-]CCCCC1.[H-].[Rb+]. The molecule has 0 aromatic heterocycles. The minimum atomic E-state index is 0. The molecule has 0 saturated heterocycles. The summed E-state index contributed by atoms with van der Waals surface area (Å²) in [5.41, 5.74) is 7.79. The number of hydrogen-bond donors (Lipinski definition) is 2. The third kappa shape index (κ3) is 4.84. The molecule has 0 aliphatic heterocycles. The van der Waals surface area contributed by atoms with Crippen molar-refractivity contribution in [1.82, 2.24) is 5.01 Å². The van der Waals surface area contributed by atoms with Crippen molar-refractivity contribution in [1.29, 1.82) is 0 Å². The maximum absolute atomic E-state index is 5.85. The Labute approximate surface area is 131 Å². The van der Waals surface area contributed by atoms with Gasteiger partial charge in [-0.3, -0.25) is 5.84 Å². The fraction of sp³-hybridized carbons (Fsp3) is 0.667. The van der Waals surface area contributed by atoms with Gasteiger partial charge < -0.3 is 12.2 Å². The summed E-state index contributed by atoms with van der Waals surface area (Å²) in [6.07, 6.45) is 7.91. The fourth-order valence-corrected chi connectivity index (χ4v) is 1.51. The van der Waals surface area contributed by atoms with E-state index in [0.29, 0.717) is 0 Å². The van der Waals surface area contributed by atoms with Crippen LogP contribution in [0.1, 0.15) is 33.5 Å². The van der Waals surface area contributed by atoms with Crippen molar-refractivity contribution in [3.8, 4) is 0 Å². The first-order valence-electron chi connectivity index (χ1n) is 4.52. The predicted molar refractivity (Wildman–Crippen MR) is 51.7 cm³/mol. The first-order valence-corrected chi connectivity index (χ1v) is 4.52. The first-order chi connectivity index (χ1) is 5.72. The van der Waals surface area contributed by atoms with Crippen LogP contribution in [0.15, 0.2) is 11.4 Å². The molecule has 0 heterocycles.